The Balaban J connectivity index is 1.67. The summed E-state index contributed by atoms with van der Waals surface area (Å²) in [6, 6.07) is 7.70. The maximum Gasteiger partial charge on any atom is 0.316 e. The summed E-state index contributed by atoms with van der Waals surface area (Å²) in [6.07, 6.45) is 4.81. The first-order chi connectivity index (χ1) is 13.4. The van der Waals surface area contributed by atoms with E-state index in [9.17, 15) is 14.4 Å². The van der Waals surface area contributed by atoms with Crippen molar-refractivity contribution < 1.29 is 19.1 Å². The van der Waals surface area contributed by atoms with Crippen molar-refractivity contribution in [1.29, 1.82) is 0 Å². The van der Waals surface area contributed by atoms with Gasteiger partial charge < -0.3 is 15.0 Å². The van der Waals surface area contributed by atoms with Crippen molar-refractivity contribution in [2.24, 2.45) is 0 Å². The van der Waals surface area contributed by atoms with Gasteiger partial charge in [0.05, 0.1) is 11.5 Å². The number of nitrogens with one attached hydrogen (secondary N) is 1. The summed E-state index contributed by atoms with van der Waals surface area (Å²) in [6.45, 7) is 3.50. The number of nitrogens with zero attached hydrogens (tertiary/aromatic N) is 1. The van der Waals surface area contributed by atoms with Gasteiger partial charge >= 0.3 is 5.97 Å². The number of benzene rings is 1. The molecule has 1 aliphatic carbocycles. The number of thioether (sulfide) groups is 1. The summed E-state index contributed by atoms with van der Waals surface area (Å²) in [7, 11) is 1.84. The van der Waals surface area contributed by atoms with Crippen molar-refractivity contribution in [2.45, 2.75) is 58.1 Å². The lowest BCUT2D eigenvalue weighted by Crippen LogP contribution is -2.39. The van der Waals surface area contributed by atoms with Crippen LogP contribution >= 0.6 is 11.8 Å². The molecule has 0 aliphatic heterocycles. The molecule has 1 fully saturated rings. The highest BCUT2D eigenvalue weighted by atomic mass is 32.2. The Bertz CT molecular complexity index is 671. The van der Waals surface area contributed by atoms with Gasteiger partial charge in [0.2, 0.25) is 5.91 Å². The summed E-state index contributed by atoms with van der Waals surface area (Å²) < 4.78 is 5.17. The van der Waals surface area contributed by atoms with Crippen LogP contribution in [0.4, 0.5) is 5.69 Å². The molecule has 1 N–H and O–H groups in total. The van der Waals surface area contributed by atoms with E-state index in [0.717, 1.165) is 18.4 Å². The number of carbonyl (C=O) groups excluding carboxylic acids is 3. The summed E-state index contributed by atoms with van der Waals surface area (Å²) in [5, 5.41) is 2.72. The molecule has 0 aromatic heterocycles. The van der Waals surface area contributed by atoms with Crippen LogP contribution in [0, 0.1) is 6.92 Å². The van der Waals surface area contributed by atoms with E-state index >= 15 is 0 Å². The number of amides is 2. The van der Waals surface area contributed by atoms with E-state index in [4.69, 9.17) is 4.74 Å². The minimum absolute atomic E-state index is 0.0369. The second-order valence-corrected chi connectivity index (χ2v) is 8.26. The topological polar surface area (TPSA) is 75.7 Å². The maximum absolute atomic E-state index is 12.3. The monoisotopic (exact) mass is 406 g/mol. The maximum atomic E-state index is 12.3. The van der Waals surface area contributed by atoms with E-state index in [2.05, 4.69) is 5.32 Å². The highest BCUT2D eigenvalue weighted by Gasteiger charge is 2.22. The Hall–Kier alpha value is -2.02. The lowest BCUT2D eigenvalue weighted by atomic mass is 9.94. The van der Waals surface area contributed by atoms with E-state index < -0.39 is 12.1 Å². The van der Waals surface area contributed by atoms with Crippen molar-refractivity contribution in [3.8, 4) is 0 Å². The van der Waals surface area contributed by atoms with Gasteiger partial charge in [0.15, 0.2) is 6.10 Å². The summed E-state index contributed by atoms with van der Waals surface area (Å²) >= 11 is 1.22. The van der Waals surface area contributed by atoms with Crippen molar-refractivity contribution in [1.82, 2.24) is 4.90 Å². The smallest absolute Gasteiger partial charge is 0.316 e. The van der Waals surface area contributed by atoms with Gasteiger partial charge in [-0.1, -0.05) is 37.0 Å². The van der Waals surface area contributed by atoms with Crippen molar-refractivity contribution >= 4 is 35.2 Å². The zero-order valence-electron chi connectivity index (χ0n) is 16.9. The molecule has 1 aromatic carbocycles. The second-order valence-electron chi connectivity index (χ2n) is 7.28. The molecule has 0 unspecified atom stereocenters. The zero-order chi connectivity index (χ0) is 20.5. The van der Waals surface area contributed by atoms with Gasteiger partial charge in [0.1, 0.15) is 0 Å². The Morgan fingerprint density at radius 3 is 2.43 bits per heavy atom. The quantitative estimate of drug-likeness (QED) is 0.670. The third kappa shape index (κ3) is 7.19. The highest BCUT2D eigenvalue weighted by molar-refractivity contribution is 8.00. The van der Waals surface area contributed by atoms with Crippen LogP contribution in [0.5, 0.6) is 0 Å². The third-order valence-electron chi connectivity index (χ3n) is 4.96. The number of esters is 1. The zero-order valence-corrected chi connectivity index (χ0v) is 17.7. The van der Waals surface area contributed by atoms with Crippen LogP contribution < -0.4 is 5.32 Å². The first-order valence-corrected chi connectivity index (χ1v) is 10.9. The van der Waals surface area contributed by atoms with E-state index in [0.29, 0.717) is 11.7 Å². The predicted octanol–water partition coefficient (Wildman–Crippen LogP) is 3.39. The Kier molecular flexibility index (Phi) is 8.83. The fourth-order valence-electron chi connectivity index (χ4n) is 3.16. The molecule has 0 saturated heterocycles. The van der Waals surface area contributed by atoms with Crippen LogP contribution in [0.25, 0.3) is 0 Å². The first-order valence-electron chi connectivity index (χ1n) is 9.77. The van der Waals surface area contributed by atoms with E-state index in [-0.39, 0.29) is 23.3 Å². The fraction of sp³-hybridized carbons (Fsp3) is 0.571. The molecular formula is C21H30N2O4S. The molecule has 1 saturated carbocycles. The number of hydrogen-bond donors (Lipinski definition) is 1. The largest absolute Gasteiger partial charge is 0.452 e. The number of anilines is 1. The number of ether oxygens (including phenoxy) is 1. The lowest BCUT2D eigenvalue weighted by molar-refractivity contribution is -0.150. The summed E-state index contributed by atoms with van der Waals surface area (Å²) in [5.74, 6) is -0.548. The summed E-state index contributed by atoms with van der Waals surface area (Å²) in [5.41, 5.74) is 1.75. The fourth-order valence-corrected chi connectivity index (χ4v) is 3.88. The third-order valence-corrected chi connectivity index (χ3v) is 5.85. The number of rotatable bonds is 8. The van der Waals surface area contributed by atoms with Crippen LogP contribution in [-0.2, 0) is 19.1 Å². The minimum atomic E-state index is -0.894. The lowest BCUT2D eigenvalue weighted by Gasteiger charge is -2.31. The Labute approximate surface area is 171 Å². The number of carbonyl (C=O) groups is 3. The molecule has 7 heteroatoms. The van der Waals surface area contributed by atoms with Gasteiger partial charge in [0.25, 0.3) is 5.91 Å². The molecule has 6 nitrogen and oxygen atoms in total. The molecule has 1 aliphatic rings. The normalized spacial score (nSPS) is 15.5. The number of aryl methyl sites for hydroxylation is 1. The van der Waals surface area contributed by atoms with E-state index in [1.54, 1.807) is 12.1 Å². The second kappa shape index (κ2) is 11.1. The molecule has 0 spiro atoms. The molecule has 2 rings (SSSR count). The van der Waals surface area contributed by atoms with Gasteiger partial charge in [-0.05, 0) is 38.8 Å². The van der Waals surface area contributed by atoms with E-state index in [1.165, 1.54) is 37.9 Å². The van der Waals surface area contributed by atoms with Gasteiger partial charge in [-0.2, -0.15) is 0 Å². The Morgan fingerprint density at radius 2 is 1.79 bits per heavy atom. The van der Waals surface area contributed by atoms with Gasteiger partial charge in [-0.15, -0.1) is 11.8 Å². The van der Waals surface area contributed by atoms with Crippen LogP contribution in [0.15, 0.2) is 24.3 Å². The van der Waals surface area contributed by atoms with E-state index in [1.807, 2.05) is 31.0 Å². The standard InChI is InChI=1S/C21H30N2O4S/c1-15-9-11-17(12-10-15)22-21(26)16(2)27-20(25)14-28-13-19(24)23(3)18-7-5-4-6-8-18/h9-12,16,18H,4-8,13-14H2,1-3H3,(H,22,26)/t16-/m0/s1. The molecule has 0 radical (unpaired) electrons. The molecular weight excluding hydrogens is 376 g/mol. The number of hydrogen-bond acceptors (Lipinski definition) is 5. The summed E-state index contributed by atoms with van der Waals surface area (Å²) in [4.78, 5) is 38.2. The molecule has 1 aromatic rings. The van der Waals surface area contributed by atoms with Gasteiger partial charge in [0, 0.05) is 18.8 Å². The molecule has 0 heterocycles. The SMILES string of the molecule is Cc1ccc(NC(=O)[C@H](C)OC(=O)CSCC(=O)N(C)C2CCCCC2)cc1. The molecule has 28 heavy (non-hydrogen) atoms. The minimum Gasteiger partial charge on any atom is -0.452 e. The van der Waals surface area contributed by atoms with Crippen LogP contribution in [0.1, 0.15) is 44.6 Å². The van der Waals surface area contributed by atoms with Crippen LogP contribution in [0.3, 0.4) is 0 Å². The molecule has 1 atom stereocenters. The van der Waals surface area contributed by atoms with Crippen LogP contribution in [0.2, 0.25) is 0 Å². The average Bonchev–Trinajstić information content (AvgIpc) is 2.69. The molecule has 154 valence electrons. The van der Waals surface area contributed by atoms with Crippen molar-refractivity contribution in [3.05, 3.63) is 29.8 Å². The predicted molar refractivity (Wildman–Crippen MR) is 112 cm³/mol. The average molecular weight is 407 g/mol. The highest BCUT2D eigenvalue weighted by Crippen LogP contribution is 2.22. The first kappa shape index (κ1) is 22.3. The molecule has 2 amide bonds. The van der Waals surface area contributed by atoms with Gasteiger partial charge in [-0.3, -0.25) is 14.4 Å². The molecule has 0 bridgehead atoms. The Morgan fingerprint density at radius 1 is 1.14 bits per heavy atom. The van der Waals surface area contributed by atoms with Gasteiger partial charge in [-0.25, -0.2) is 0 Å². The van der Waals surface area contributed by atoms with Crippen molar-refractivity contribution in [3.63, 3.8) is 0 Å². The van der Waals surface area contributed by atoms with Crippen LogP contribution in [-0.4, -0.2) is 53.4 Å². The van der Waals surface area contributed by atoms with Crippen molar-refractivity contribution in [2.75, 3.05) is 23.9 Å².